The average molecular weight is 533 g/mol. The summed E-state index contributed by atoms with van der Waals surface area (Å²) in [6.07, 6.45) is -1.42. The largest absolute Gasteiger partial charge is 0.422 e. The zero-order valence-electron chi connectivity index (χ0n) is 20.6. The molecule has 0 saturated heterocycles. The highest BCUT2D eigenvalue weighted by Crippen LogP contribution is 2.37. The van der Waals surface area contributed by atoms with Gasteiger partial charge in [0.2, 0.25) is 0 Å². The summed E-state index contributed by atoms with van der Waals surface area (Å²) in [6.45, 7) is 3.76. The van der Waals surface area contributed by atoms with Crippen LogP contribution in [0.2, 0.25) is 0 Å². The summed E-state index contributed by atoms with van der Waals surface area (Å²) in [6, 6.07) is 24.5. The molecule has 6 heteroatoms. The number of allylic oxidation sites excluding steroid dienone is 1. The zero-order chi connectivity index (χ0) is 27.7. The smallest absolute Gasteiger partial charge is 0.206 e. The summed E-state index contributed by atoms with van der Waals surface area (Å²) < 4.78 is 81.8. The fourth-order valence-electron chi connectivity index (χ4n) is 4.68. The van der Waals surface area contributed by atoms with Gasteiger partial charge in [-0.05, 0) is 81.3 Å². The topological polar surface area (TPSA) is 0 Å². The molecule has 0 nitrogen and oxygen atoms in total. The summed E-state index contributed by atoms with van der Waals surface area (Å²) in [5, 5.41) is 2.15. The minimum atomic E-state index is -5.14. The van der Waals surface area contributed by atoms with E-state index in [9.17, 15) is 22.0 Å². The second kappa shape index (κ2) is 10.4. The first-order valence-electron chi connectivity index (χ1n) is 12.2. The molecule has 39 heavy (non-hydrogen) atoms. The molecule has 0 unspecified atom stereocenters. The van der Waals surface area contributed by atoms with Crippen molar-refractivity contribution in [3.8, 4) is 33.4 Å². The Morgan fingerprint density at radius 1 is 0.564 bits per heavy atom. The lowest BCUT2D eigenvalue weighted by molar-refractivity contribution is -0.142. The van der Waals surface area contributed by atoms with Crippen LogP contribution >= 0.6 is 0 Å². The number of halogens is 6. The summed E-state index contributed by atoms with van der Waals surface area (Å²) in [7, 11) is 0. The fraction of sp³-hybridized carbons (Fsp3) is 0.0909. The molecule has 0 radical (unpaired) electrons. The van der Waals surface area contributed by atoms with E-state index in [1.807, 2.05) is 30.3 Å². The third-order valence-corrected chi connectivity index (χ3v) is 6.70. The van der Waals surface area contributed by atoms with E-state index in [0.717, 1.165) is 29.2 Å². The monoisotopic (exact) mass is 532 g/mol. The lowest BCUT2D eigenvalue weighted by atomic mass is 9.95. The molecule has 0 spiro atoms. The molecular weight excluding hydrogens is 510 g/mol. The van der Waals surface area contributed by atoms with Crippen molar-refractivity contribution in [1.29, 1.82) is 0 Å². The first-order chi connectivity index (χ1) is 18.6. The number of alkyl halides is 3. The summed E-state index contributed by atoms with van der Waals surface area (Å²) in [5.41, 5.74) is 1.96. The van der Waals surface area contributed by atoms with Crippen molar-refractivity contribution in [2.45, 2.75) is 19.0 Å². The van der Waals surface area contributed by atoms with E-state index >= 15 is 4.39 Å². The Balaban J connectivity index is 1.40. The first kappa shape index (κ1) is 26.3. The molecule has 0 N–H and O–H groups in total. The van der Waals surface area contributed by atoms with Crippen LogP contribution in [0.25, 0.3) is 44.2 Å². The molecule has 0 aliphatic heterocycles. The van der Waals surface area contributed by atoms with E-state index in [0.29, 0.717) is 34.4 Å². The second-order valence-corrected chi connectivity index (χ2v) is 9.31. The number of hydrogen-bond acceptors (Lipinski definition) is 0. The van der Waals surface area contributed by atoms with E-state index in [1.54, 1.807) is 18.2 Å². The Hall–Kier alpha value is -4.32. The molecular formula is C33H22F6. The number of fused-ring (bicyclic) bond motifs is 1. The lowest BCUT2D eigenvalue weighted by Gasteiger charge is -2.12. The van der Waals surface area contributed by atoms with Crippen molar-refractivity contribution in [2.24, 2.45) is 0 Å². The molecule has 5 aromatic rings. The van der Waals surface area contributed by atoms with Gasteiger partial charge in [0.05, 0.1) is 0 Å². The lowest BCUT2D eigenvalue weighted by Crippen LogP contribution is -2.11. The highest BCUT2D eigenvalue weighted by atomic mass is 19.4. The van der Waals surface area contributed by atoms with Crippen LogP contribution in [0, 0.1) is 17.5 Å². The molecule has 0 aliphatic rings. The van der Waals surface area contributed by atoms with Crippen molar-refractivity contribution < 1.29 is 26.3 Å². The molecule has 196 valence electrons. The van der Waals surface area contributed by atoms with Gasteiger partial charge in [-0.15, -0.1) is 6.58 Å². The Morgan fingerprint density at radius 3 is 1.74 bits per heavy atom. The van der Waals surface area contributed by atoms with Gasteiger partial charge in [-0.2, -0.15) is 13.2 Å². The highest BCUT2D eigenvalue weighted by molar-refractivity contribution is 5.88. The van der Waals surface area contributed by atoms with Crippen LogP contribution in [0.3, 0.4) is 0 Å². The molecule has 5 aromatic carbocycles. The molecule has 0 amide bonds. The Labute approximate surface area is 221 Å². The minimum Gasteiger partial charge on any atom is -0.206 e. The van der Waals surface area contributed by atoms with Gasteiger partial charge >= 0.3 is 6.18 Å². The number of aryl methyl sites for hydroxylation is 1. The molecule has 0 saturated carbocycles. The van der Waals surface area contributed by atoms with Gasteiger partial charge in [-0.25, -0.2) is 13.2 Å². The van der Waals surface area contributed by atoms with Crippen LogP contribution in [-0.2, 0) is 12.6 Å². The normalized spacial score (nSPS) is 11.6. The van der Waals surface area contributed by atoms with Gasteiger partial charge in [0.15, 0.2) is 0 Å². The van der Waals surface area contributed by atoms with Gasteiger partial charge < -0.3 is 0 Å². The Bertz CT molecular complexity index is 1660. The van der Waals surface area contributed by atoms with Crippen LogP contribution < -0.4 is 0 Å². The molecule has 0 aliphatic carbocycles. The fourth-order valence-corrected chi connectivity index (χ4v) is 4.68. The quantitative estimate of drug-likeness (QED) is 0.151. The predicted molar refractivity (Wildman–Crippen MR) is 144 cm³/mol. The number of hydrogen-bond donors (Lipinski definition) is 0. The van der Waals surface area contributed by atoms with E-state index in [4.69, 9.17) is 0 Å². The maximum atomic E-state index is 15.2. The minimum absolute atomic E-state index is 0.0514. The van der Waals surface area contributed by atoms with Crippen molar-refractivity contribution in [2.75, 3.05) is 0 Å². The van der Waals surface area contributed by atoms with Gasteiger partial charge in [-0.1, -0.05) is 72.8 Å². The van der Waals surface area contributed by atoms with Crippen LogP contribution in [0.15, 0.2) is 104 Å². The van der Waals surface area contributed by atoms with Crippen LogP contribution in [0.1, 0.15) is 17.5 Å². The van der Waals surface area contributed by atoms with Crippen molar-refractivity contribution >= 4 is 10.8 Å². The second-order valence-electron chi connectivity index (χ2n) is 9.31. The maximum absolute atomic E-state index is 15.2. The third kappa shape index (κ3) is 5.46. The summed E-state index contributed by atoms with van der Waals surface area (Å²) in [4.78, 5) is 0. The molecule has 0 heterocycles. The van der Waals surface area contributed by atoms with Crippen molar-refractivity contribution in [3.63, 3.8) is 0 Å². The van der Waals surface area contributed by atoms with Gasteiger partial charge in [0.1, 0.15) is 23.0 Å². The van der Waals surface area contributed by atoms with E-state index in [-0.39, 0.29) is 5.56 Å². The average Bonchev–Trinajstić information content (AvgIpc) is 2.90. The van der Waals surface area contributed by atoms with Crippen LogP contribution in [0.4, 0.5) is 26.3 Å². The maximum Gasteiger partial charge on any atom is 0.422 e. The van der Waals surface area contributed by atoms with Gasteiger partial charge in [0.25, 0.3) is 0 Å². The molecule has 0 aromatic heterocycles. The molecule has 0 bridgehead atoms. The van der Waals surface area contributed by atoms with Crippen molar-refractivity contribution in [1.82, 2.24) is 0 Å². The summed E-state index contributed by atoms with van der Waals surface area (Å²) in [5.74, 6) is -3.83. The summed E-state index contributed by atoms with van der Waals surface area (Å²) >= 11 is 0. The Kier molecular flexibility index (Phi) is 7.04. The van der Waals surface area contributed by atoms with Crippen LogP contribution in [0.5, 0.6) is 0 Å². The van der Waals surface area contributed by atoms with Gasteiger partial charge in [-0.3, -0.25) is 0 Å². The molecule has 0 atom stereocenters. The highest BCUT2D eigenvalue weighted by Gasteiger charge is 2.38. The standard InChI is InChI=1S/C33H22F6/c1-2-3-4-20-5-6-24-16-25(12-11-23(24)15-20)26-13-14-28(29(34)17-26)22-9-7-21(8-10-22)27-18-30(35)32(31(36)19-27)33(37,38)39/h2,5-19H,1,3-4H2. The van der Waals surface area contributed by atoms with Crippen molar-refractivity contribution in [3.05, 3.63) is 132 Å². The van der Waals surface area contributed by atoms with E-state index in [1.165, 1.54) is 23.8 Å². The van der Waals surface area contributed by atoms with E-state index < -0.39 is 29.2 Å². The molecule has 5 rings (SSSR count). The molecule has 0 fully saturated rings. The zero-order valence-corrected chi connectivity index (χ0v) is 20.6. The van der Waals surface area contributed by atoms with Crippen LogP contribution in [-0.4, -0.2) is 0 Å². The third-order valence-electron chi connectivity index (χ3n) is 6.70. The van der Waals surface area contributed by atoms with E-state index in [2.05, 4.69) is 24.8 Å². The SMILES string of the molecule is C=CCCc1ccc2cc(-c3ccc(-c4ccc(-c5cc(F)c(C(F)(F)F)c(F)c5)cc4)c(F)c3)ccc2c1. The number of benzene rings is 5. The number of rotatable bonds is 6. The Morgan fingerprint density at radius 2 is 1.10 bits per heavy atom. The first-order valence-corrected chi connectivity index (χ1v) is 12.2. The van der Waals surface area contributed by atoms with Gasteiger partial charge in [0, 0.05) is 5.56 Å². The predicted octanol–water partition coefficient (Wildman–Crippen LogP) is 10.4.